The van der Waals surface area contributed by atoms with Gasteiger partial charge in [0.25, 0.3) is 11.8 Å². The minimum Gasteiger partial charge on any atom is -0.467 e. The summed E-state index contributed by atoms with van der Waals surface area (Å²) in [6, 6.07) is 25.6. The van der Waals surface area contributed by atoms with Crippen molar-refractivity contribution in [2.24, 2.45) is 0 Å². The van der Waals surface area contributed by atoms with Crippen LogP contribution in [0.25, 0.3) is 16.9 Å². The predicted octanol–water partition coefficient (Wildman–Crippen LogP) is 6.12. The van der Waals surface area contributed by atoms with Crippen LogP contribution in [0, 0.1) is 6.92 Å². The van der Waals surface area contributed by atoms with Gasteiger partial charge in [-0.2, -0.15) is 4.98 Å². The Hall–Kier alpha value is -6.44. The quantitative estimate of drug-likeness (QED) is 0.137. The molecule has 1 saturated carbocycles. The molecule has 0 spiro atoms. The van der Waals surface area contributed by atoms with Gasteiger partial charge < -0.3 is 19.9 Å². The zero-order valence-electron chi connectivity index (χ0n) is 31.9. The number of para-hydroxylation sites is 1. The third-order valence-electron chi connectivity index (χ3n) is 10.6. The fourth-order valence-electron chi connectivity index (χ4n) is 7.24. The summed E-state index contributed by atoms with van der Waals surface area (Å²) in [5.41, 5.74) is 5.82. The molecule has 1 saturated heterocycles. The van der Waals surface area contributed by atoms with Crippen LogP contribution in [0.1, 0.15) is 82.0 Å². The van der Waals surface area contributed by atoms with Crippen molar-refractivity contribution in [1.82, 2.24) is 49.9 Å². The van der Waals surface area contributed by atoms with Gasteiger partial charge in [-0.25, -0.2) is 9.67 Å². The van der Waals surface area contributed by atoms with Gasteiger partial charge in [-0.3, -0.25) is 14.2 Å². The summed E-state index contributed by atoms with van der Waals surface area (Å²) in [6.07, 6.45) is 8.83. The SMILES string of the molecule is COc1nccc(N(C)c2ccc(C)c(-c3cn(C4CCN(C(=O)c5cccc(C(=O)NCCCc6nnc(C7CC7)n6-c6ccccc6)c5)CC4)nn3)c2)n1. The Morgan fingerprint density at radius 3 is 2.50 bits per heavy atom. The van der Waals surface area contributed by atoms with Gasteiger partial charge in [-0.15, -0.1) is 15.3 Å². The molecule has 0 bridgehead atoms. The van der Waals surface area contributed by atoms with Crippen molar-refractivity contribution in [3.05, 3.63) is 120 Å². The highest BCUT2D eigenvalue weighted by atomic mass is 16.5. The molecule has 1 N–H and O–H groups in total. The normalized spacial score (nSPS) is 14.4. The van der Waals surface area contributed by atoms with Crippen LogP contribution in [0.3, 0.4) is 0 Å². The number of carbonyl (C=O) groups is 2. The summed E-state index contributed by atoms with van der Waals surface area (Å²) < 4.78 is 9.29. The second-order valence-corrected chi connectivity index (χ2v) is 14.4. The molecule has 6 aromatic rings. The predicted molar refractivity (Wildman–Crippen MR) is 211 cm³/mol. The molecule has 0 radical (unpaired) electrons. The number of likely N-dealkylation sites (tertiary alicyclic amines) is 1. The van der Waals surface area contributed by atoms with Crippen molar-refractivity contribution in [3.8, 4) is 23.0 Å². The number of aromatic nitrogens is 8. The third kappa shape index (κ3) is 7.86. The Bertz CT molecular complexity index is 2330. The van der Waals surface area contributed by atoms with Crippen molar-refractivity contribution in [2.75, 3.05) is 38.7 Å². The Morgan fingerprint density at radius 1 is 0.911 bits per heavy atom. The van der Waals surface area contributed by atoms with Crippen molar-refractivity contribution in [2.45, 2.75) is 57.4 Å². The van der Waals surface area contributed by atoms with E-state index in [2.05, 4.69) is 71.6 Å². The lowest BCUT2D eigenvalue weighted by Crippen LogP contribution is -2.39. The Labute approximate surface area is 325 Å². The molecular formula is C42H45N11O3. The van der Waals surface area contributed by atoms with Crippen LogP contribution in [0.2, 0.25) is 0 Å². The lowest BCUT2D eigenvalue weighted by Gasteiger charge is -2.32. The zero-order chi connectivity index (χ0) is 38.6. The zero-order valence-corrected chi connectivity index (χ0v) is 31.9. The lowest BCUT2D eigenvalue weighted by atomic mass is 10.0. The second-order valence-electron chi connectivity index (χ2n) is 14.4. The van der Waals surface area contributed by atoms with Crippen molar-refractivity contribution in [3.63, 3.8) is 0 Å². The van der Waals surface area contributed by atoms with E-state index in [0.717, 1.165) is 65.5 Å². The van der Waals surface area contributed by atoms with Gasteiger partial charge in [0.15, 0.2) is 0 Å². The topological polar surface area (TPSA) is 149 Å². The van der Waals surface area contributed by atoms with E-state index in [0.29, 0.717) is 61.3 Å². The van der Waals surface area contributed by atoms with E-state index < -0.39 is 0 Å². The third-order valence-corrected chi connectivity index (χ3v) is 10.6. The number of nitrogens with one attached hydrogen (secondary N) is 1. The average Bonchev–Trinajstić information content (AvgIpc) is 3.82. The molecule has 14 heteroatoms. The number of anilines is 2. The first-order chi connectivity index (χ1) is 27.4. The van der Waals surface area contributed by atoms with E-state index in [-0.39, 0.29) is 17.9 Å². The number of aryl methyl sites for hydroxylation is 2. The number of nitrogens with zero attached hydrogens (tertiary/aromatic N) is 10. The summed E-state index contributed by atoms with van der Waals surface area (Å²) in [5, 5.41) is 21.1. The van der Waals surface area contributed by atoms with Crippen LogP contribution in [0.15, 0.2) is 91.3 Å². The molecular weight excluding hydrogens is 707 g/mol. The van der Waals surface area contributed by atoms with Crippen LogP contribution < -0.4 is 15.0 Å². The van der Waals surface area contributed by atoms with Crippen LogP contribution in [0.4, 0.5) is 11.5 Å². The highest BCUT2D eigenvalue weighted by molar-refractivity contribution is 5.99. The molecule has 286 valence electrons. The Kier molecular flexibility index (Phi) is 10.5. The molecule has 3 aromatic carbocycles. The largest absolute Gasteiger partial charge is 0.467 e. The molecule has 1 aliphatic heterocycles. The molecule has 1 aliphatic carbocycles. The fraction of sp³-hybridized carbons (Fsp3) is 0.333. The number of piperidine rings is 1. The number of hydrogen-bond donors (Lipinski definition) is 1. The van der Waals surface area contributed by atoms with E-state index in [1.807, 2.05) is 58.1 Å². The van der Waals surface area contributed by atoms with E-state index in [4.69, 9.17) is 4.74 Å². The van der Waals surface area contributed by atoms with E-state index in [1.165, 1.54) is 0 Å². The first-order valence-electron chi connectivity index (χ1n) is 19.2. The average molecular weight is 752 g/mol. The minimum atomic E-state index is -0.203. The summed E-state index contributed by atoms with van der Waals surface area (Å²) >= 11 is 0. The lowest BCUT2D eigenvalue weighted by molar-refractivity contribution is 0.0689. The molecule has 3 aromatic heterocycles. The molecule has 8 rings (SSSR count). The number of methoxy groups -OCH3 is 1. The molecule has 0 unspecified atom stereocenters. The molecule has 14 nitrogen and oxygen atoms in total. The van der Waals surface area contributed by atoms with Gasteiger partial charge in [-0.05, 0) is 93.1 Å². The van der Waals surface area contributed by atoms with Crippen molar-refractivity contribution in [1.29, 1.82) is 0 Å². The molecule has 2 amide bonds. The summed E-state index contributed by atoms with van der Waals surface area (Å²) in [7, 11) is 3.49. The maximum absolute atomic E-state index is 13.6. The van der Waals surface area contributed by atoms with Crippen molar-refractivity contribution >= 4 is 23.3 Å². The minimum absolute atomic E-state index is 0.0815. The van der Waals surface area contributed by atoms with E-state index >= 15 is 0 Å². The fourth-order valence-corrected chi connectivity index (χ4v) is 7.24. The standard InChI is InChI=1S/C42H45N11O3/c1-28-14-17-34(50(2)37-18-22-44-42(45-37)56-3)26-35(28)36-27-52(49-46-36)32-19-23-51(24-20-32)41(55)31-10-7-9-30(25-31)40(54)43-21-8-13-38-47-48-39(29-15-16-29)53(38)33-11-5-4-6-12-33/h4-7,9-12,14,17-18,22,25-27,29,32H,8,13,15-16,19-21,23-24H2,1-3H3,(H,43,54). The Balaban J connectivity index is 0.846. The smallest absolute Gasteiger partial charge is 0.318 e. The second kappa shape index (κ2) is 16.1. The molecule has 0 atom stereocenters. The number of carbonyl (C=O) groups excluding carboxylic acids is 2. The molecule has 4 heterocycles. The Morgan fingerprint density at radius 2 is 1.71 bits per heavy atom. The highest BCUT2D eigenvalue weighted by Gasteiger charge is 2.31. The van der Waals surface area contributed by atoms with Crippen molar-refractivity contribution < 1.29 is 14.3 Å². The highest BCUT2D eigenvalue weighted by Crippen LogP contribution is 2.40. The van der Waals surface area contributed by atoms with Crippen LogP contribution in [-0.4, -0.2) is 90.2 Å². The molecule has 2 fully saturated rings. The van der Waals surface area contributed by atoms with Gasteiger partial charge in [0, 0.05) is 73.3 Å². The number of rotatable bonds is 13. The van der Waals surface area contributed by atoms with Crippen LogP contribution in [0.5, 0.6) is 6.01 Å². The number of benzene rings is 3. The van der Waals surface area contributed by atoms with Gasteiger partial charge in [-0.1, -0.05) is 35.5 Å². The van der Waals surface area contributed by atoms with E-state index in [9.17, 15) is 9.59 Å². The summed E-state index contributed by atoms with van der Waals surface area (Å²) in [5.74, 6) is 2.81. The summed E-state index contributed by atoms with van der Waals surface area (Å²) in [6.45, 7) is 3.69. The van der Waals surface area contributed by atoms with Crippen LogP contribution >= 0.6 is 0 Å². The van der Waals surface area contributed by atoms with E-state index in [1.54, 1.807) is 37.6 Å². The maximum Gasteiger partial charge on any atom is 0.318 e. The first kappa shape index (κ1) is 36.5. The number of ether oxygens (including phenoxy) is 1. The first-order valence-corrected chi connectivity index (χ1v) is 19.2. The number of hydrogen-bond acceptors (Lipinski definition) is 10. The van der Waals surface area contributed by atoms with Crippen LogP contribution in [-0.2, 0) is 6.42 Å². The van der Waals surface area contributed by atoms with Gasteiger partial charge in [0.2, 0.25) is 0 Å². The monoisotopic (exact) mass is 751 g/mol. The van der Waals surface area contributed by atoms with Gasteiger partial charge in [0.05, 0.1) is 19.3 Å². The van der Waals surface area contributed by atoms with Gasteiger partial charge in [0.1, 0.15) is 23.2 Å². The summed E-state index contributed by atoms with van der Waals surface area (Å²) in [4.78, 5) is 39.2. The molecule has 2 aliphatic rings. The molecule has 56 heavy (non-hydrogen) atoms. The maximum atomic E-state index is 13.6. The number of amides is 2. The van der Waals surface area contributed by atoms with Gasteiger partial charge >= 0.3 is 6.01 Å².